The molecular weight excluding hydrogens is 565 g/mol. The number of para-hydroxylation sites is 4. The summed E-state index contributed by atoms with van der Waals surface area (Å²) < 4.78 is 5.01. The molecule has 7 aromatic carbocycles. The smallest absolute Gasteiger partial charge is 0.0640 e. The lowest BCUT2D eigenvalue weighted by Crippen LogP contribution is -2.10. The molecular formula is C42H28N2S. The molecule has 0 fully saturated rings. The second-order valence-electron chi connectivity index (χ2n) is 11.4. The van der Waals surface area contributed by atoms with E-state index in [4.69, 9.17) is 0 Å². The van der Waals surface area contributed by atoms with Crippen LogP contribution in [0, 0.1) is 0 Å². The van der Waals surface area contributed by atoms with Crippen molar-refractivity contribution in [2.24, 2.45) is 0 Å². The van der Waals surface area contributed by atoms with Crippen LogP contribution < -0.4 is 4.90 Å². The van der Waals surface area contributed by atoms with E-state index in [1.807, 2.05) is 11.3 Å². The number of benzene rings is 7. The molecule has 0 atom stereocenters. The predicted molar refractivity (Wildman–Crippen MR) is 194 cm³/mol. The van der Waals surface area contributed by atoms with Gasteiger partial charge in [0.25, 0.3) is 0 Å². The number of fused-ring (bicyclic) bond motifs is 6. The predicted octanol–water partition coefficient (Wildman–Crippen LogP) is 12.3. The zero-order valence-electron chi connectivity index (χ0n) is 24.5. The van der Waals surface area contributed by atoms with E-state index in [1.165, 1.54) is 64.5 Å². The molecule has 0 spiro atoms. The maximum absolute atomic E-state index is 2.42. The number of aromatic nitrogens is 1. The highest BCUT2D eigenvalue weighted by Gasteiger charge is 2.20. The minimum absolute atomic E-state index is 1.13. The van der Waals surface area contributed by atoms with Crippen LogP contribution in [0.15, 0.2) is 170 Å². The summed E-state index contributed by atoms with van der Waals surface area (Å²) in [4.78, 5) is 2.41. The van der Waals surface area contributed by atoms with Gasteiger partial charge < -0.3 is 9.47 Å². The highest BCUT2D eigenvalue weighted by molar-refractivity contribution is 7.26. The number of nitrogens with zero attached hydrogens (tertiary/aromatic N) is 2. The van der Waals surface area contributed by atoms with Gasteiger partial charge in [-0.3, -0.25) is 0 Å². The van der Waals surface area contributed by atoms with Crippen LogP contribution in [0.4, 0.5) is 17.1 Å². The number of anilines is 3. The standard InChI is InChI=1S/C42H28N2S/c1-2-15-30(16-3-1)43(40-26-13-22-36-35-21-7-11-27-41(35)45-42(36)40)31-17-12-14-29(28-31)32-18-4-8-23-37(32)44-38-24-9-5-19-33(38)34-20-6-10-25-39(34)44/h1-28H. The molecule has 45 heavy (non-hydrogen) atoms. The minimum atomic E-state index is 1.13. The van der Waals surface area contributed by atoms with Crippen molar-refractivity contribution in [3.8, 4) is 16.8 Å². The molecule has 9 rings (SSSR count). The molecule has 0 bridgehead atoms. The van der Waals surface area contributed by atoms with Gasteiger partial charge in [0, 0.05) is 43.2 Å². The van der Waals surface area contributed by atoms with E-state index in [-0.39, 0.29) is 0 Å². The fourth-order valence-electron chi connectivity index (χ4n) is 6.82. The lowest BCUT2D eigenvalue weighted by atomic mass is 10.0. The van der Waals surface area contributed by atoms with Crippen LogP contribution in [0.1, 0.15) is 0 Å². The first-order valence-electron chi connectivity index (χ1n) is 15.3. The Morgan fingerprint density at radius 2 is 1.04 bits per heavy atom. The van der Waals surface area contributed by atoms with Crippen LogP contribution in [0.3, 0.4) is 0 Å². The second-order valence-corrected chi connectivity index (χ2v) is 12.4. The van der Waals surface area contributed by atoms with Crippen molar-refractivity contribution in [1.29, 1.82) is 0 Å². The summed E-state index contributed by atoms with van der Waals surface area (Å²) >= 11 is 1.86. The summed E-state index contributed by atoms with van der Waals surface area (Å²) in [6, 6.07) is 61.3. The average Bonchev–Trinajstić information content (AvgIpc) is 3.66. The Morgan fingerprint density at radius 1 is 0.444 bits per heavy atom. The number of hydrogen-bond donors (Lipinski definition) is 0. The third-order valence-corrected chi connectivity index (χ3v) is 9.99. The van der Waals surface area contributed by atoms with E-state index >= 15 is 0 Å². The molecule has 3 heteroatoms. The summed E-state index contributed by atoms with van der Waals surface area (Å²) in [7, 11) is 0. The van der Waals surface area contributed by atoms with Gasteiger partial charge in [-0.25, -0.2) is 0 Å². The fraction of sp³-hybridized carbons (Fsp3) is 0. The summed E-state index contributed by atoms with van der Waals surface area (Å²) in [6.07, 6.45) is 0. The van der Waals surface area contributed by atoms with Gasteiger partial charge in [0.15, 0.2) is 0 Å². The Bertz CT molecular complexity index is 2450. The molecule has 0 saturated carbocycles. The Hall–Kier alpha value is -5.64. The summed E-state index contributed by atoms with van der Waals surface area (Å²) in [5.74, 6) is 0. The Labute approximate surface area is 265 Å². The van der Waals surface area contributed by atoms with Crippen LogP contribution >= 0.6 is 11.3 Å². The van der Waals surface area contributed by atoms with Gasteiger partial charge in [-0.1, -0.05) is 115 Å². The van der Waals surface area contributed by atoms with Crippen molar-refractivity contribution in [3.05, 3.63) is 170 Å². The van der Waals surface area contributed by atoms with Gasteiger partial charge in [-0.05, 0) is 60.2 Å². The van der Waals surface area contributed by atoms with Gasteiger partial charge in [0.1, 0.15) is 0 Å². The fourth-order valence-corrected chi connectivity index (χ4v) is 8.03. The normalized spacial score (nSPS) is 11.6. The molecule has 0 unspecified atom stereocenters. The monoisotopic (exact) mass is 592 g/mol. The van der Waals surface area contributed by atoms with Crippen molar-refractivity contribution < 1.29 is 0 Å². The molecule has 0 aliphatic rings. The molecule has 212 valence electrons. The van der Waals surface area contributed by atoms with E-state index in [0.29, 0.717) is 0 Å². The van der Waals surface area contributed by atoms with Crippen LogP contribution in [0.25, 0.3) is 58.8 Å². The van der Waals surface area contributed by atoms with Gasteiger partial charge in [0.05, 0.1) is 27.1 Å². The van der Waals surface area contributed by atoms with Crippen LogP contribution in [-0.4, -0.2) is 4.57 Å². The molecule has 0 aliphatic heterocycles. The van der Waals surface area contributed by atoms with E-state index in [1.54, 1.807) is 0 Å². The first kappa shape index (κ1) is 25.8. The van der Waals surface area contributed by atoms with Crippen LogP contribution in [-0.2, 0) is 0 Å². The Morgan fingerprint density at radius 3 is 1.84 bits per heavy atom. The zero-order chi connectivity index (χ0) is 29.7. The van der Waals surface area contributed by atoms with E-state index in [0.717, 1.165) is 11.4 Å². The summed E-state index contributed by atoms with van der Waals surface area (Å²) in [5.41, 5.74) is 9.41. The average molecular weight is 593 g/mol. The molecule has 0 amide bonds. The summed E-state index contributed by atoms with van der Waals surface area (Å²) in [6.45, 7) is 0. The quantitative estimate of drug-likeness (QED) is 0.193. The number of thiophene rings is 1. The maximum atomic E-state index is 2.42. The van der Waals surface area contributed by atoms with Gasteiger partial charge in [-0.2, -0.15) is 0 Å². The molecule has 2 heterocycles. The van der Waals surface area contributed by atoms with E-state index in [2.05, 4.69) is 179 Å². The molecule has 0 radical (unpaired) electrons. The third-order valence-electron chi connectivity index (χ3n) is 8.78. The van der Waals surface area contributed by atoms with Crippen molar-refractivity contribution in [2.45, 2.75) is 0 Å². The third kappa shape index (κ3) is 4.16. The van der Waals surface area contributed by atoms with Crippen molar-refractivity contribution in [2.75, 3.05) is 4.90 Å². The van der Waals surface area contributed by atoms with Crippen LogP contribution in [0.2, 0.25) is 0 Å². The highest BCUT2D eigenvalue weighted by atomic mass is 32.1. The Balaban J connectivity index is 1.26. The van der Waals surface area contributed by atoms with Gasteiger partial charge in [0.2, 0.25) is 0 Å². The number of hydrogen-bond acceptors (Lipinski definition) is 2. The SMILES string of the molecule is c1ccc(N(c2cccc(-c3ccccc3-n3c4ccccc4c4ccccc43)c2)c2cccc3c2sc2ccccc23)cc1. The lowest BCUT2D eigenvalue weighted by Gasteiger charge is -2.26. The van der Waals surface area contributed by atoms with Crippen molar-refractivity contribution in [1.82, 2.24) is 4.57 Å². The second kappa shape index (κ2) is 10.5. The van der Waals surface area contributed by atoms with Gasteiger partial charge >= 0.3 is 0 Å². The molecule has 9 aromatic rings. The molecule has 2 aromatic heterocycles. The van der Waals surface area contributed by atoms with E-state index < -0.39 is 0 Å². The minimum Gasteiger partial charge on any atom is -0.309 e. The molecule has 0 saturated heterocycles. The first-order chi connectivity index (χ1) is 22.3. The molecule has 0 aliphatic carbocycles. The Kier molecular flexibility index (Phi) is 6.03. The number of rotatable bonds is 5. The van der Waals surface area contributed by atoms with Gasteiger partial charge in [-0.15, -0.1) is 11.3 Å². The molecule has 2 nitrogen and oxygen atoms in total. The first-order valence-corrected chi connectivity index (χ1v) is 16.1. The maximum Gasteiger partial charge on any atom is 0.0640 e. The zero-order valence-corrected chi connectivity index (χ0v) is 25.3. The highest BCUT2D eigenvalue weighted by Crippen LogP contribution is 2.45. The summed E-state index contributed by atoms with van der Waals surface area (Å²) in [5, 5.41) is 5.13. The van der Waals surface area contributed by atoms with Crippen molar-refractivity contribution >= 4 is 70.4 Å². The largest absolute Gasteiger partial charge is 0.309 e. The van der Waals surface area contributed by atoms with Crippen LogP contribution in [0.5, 0.6) is 0 Å². The topological polar surface area (TPSA) is 8.17 Å². The molecule has 0 N–H and O–H groups in total. The van der Waals surface area contributed by atoms with E-state index in [9.17, 15) is 0 Å². The lowest BCUT2D eigenvalue weighted by molar-refractivity contribution is 1.18. The van der Waals surface area contributed by atoms with Crippen molar-refractivity contribution in [3.63, 3.8) is 0 Å².